The largest absolute Gasteiger partial charge is 0.493 e. The van der Waals surface area contributed by atoms with E-state index in [-0.39, 0.29) is 0 Å². The summed E-state index contributed by atoms with van der Waals surface area (Å²) in [7, 11) is 1.35. The third-order valence-corrected chi connectivity index (χ3v) is 3.12. The Hall–Kier alpha value is -2.49. The van der Waals surface area contributed by atoms with Crippen molar-refractivity contribution in [3.05, 3.63) is 59.7 Å². The molecule has 0 saturated carbocycles. The Morgan fingerprint density at radius 1 is 1.14 bits per heavy atom. The number of aryl methyl sites for hydroxylation is 1. The number of nitrogens with two attached hydrogens (primary N) is 1. The summed E-state index contributed by atoms with van der Waals surface area (Å²) in [5, 5.41) is 0. The summed E-state index contributed by atoms with van der Waals surface area (Å²) >= 11 is 0. The molecule has 0 unspecified atom stereocenters. The SMILES string of the molecule is COC(=O)c1ccc(N)cc1OCCCc1ccccc1. The van der Waals surface area contributed by atoms with Crippen molar-refractivity contribution in [1.82, 2.24) is 0 Å². The summed E-state index contributed by atoms with van der Waals surface area (Å²) in [6.45, 7) is 0.516. The fourth-order valence-electron chi connectivity index (χ4n) is 2.04. The molecule has 0 amide bonds. The first kappa shape index (κ1) is 14.9. The van der Waals surface area contributed by atoms with Gasteiger partial charge in [0.15, 0.2) is 0 Å². The highest BCUT2D eigenvalue weighted by Gasteiger charge is 2.13. The summed E-state index contributed by atoms with van der Waals surface area (Å²) in [5.41, 5.74) is 7.95. The predicted octanol–water partition coefficient (Wildman–Crippen LogP) is 3.07. The molecule has 0 aliphatic rings. The third kappa shape index (κ3) is 4.24. The van der Waals surface area contributed by atoms with E-state index in [0.29, 0.717) is 23.6 Å². The van der Waals surface area contributed by atoms with Crippen LogP contribution in [0.1, 0.15) is 22.3 Å². The number of nitrogen functional groups attached to an aromatic ring is 1. The standard InChI is InChI=1S/C17H19NO3/c1-20-17(19)15-10-9-14(18)12-16(15)21-11-5-8-13-6-3-2-4-7-13/h2-4,6-7,9-10,12H,5,8,11,18H2,1H3. The van der Waals surface area contributed by atoms with Crippen LogP contribution in [-0.4, -0.2) is 19.7 Å². The van der Waals surface area contributed by atoms with Gasteiger partial charge in [0, 0.05) is 11.8 Å². The van der Waals surface area contributed by atoms with E-state index >= 15 is 0 Å². The van der Waals surface area contributed by atoms with Gasteiger partial charge in [0.2, 0.25) is 0 Å². The Labute approximate surface area is 124 Å². The molecule has 2 N–H and O–H groups in total. The lowest BCUT2D eigenvalue weighted by Crippen LogP contribution is -2.07. The highest BCUT2D eigenvalue weighted by molar-refractivity contribution is 5.93. The number of hydrogen-bond acceptors (Lipinski definition) is 4. The van der Waals surface area contributed by atoms with Crippen molar-refractivity contribution in [3.8, 4) is 5.75 Å². The molecular formula is C17H19NO3. The van der Waals surface area contributed by atoms with Crippen molar-refractivity contribution in [2.24, 2.45) is 0 Å². The van der Waals surface area contributed by atoms with Crippen LogP contribution in [0.25, 0.3) is 0 Å². The van der Waals surface area contributed by atoms with E-state index in [1.165, 1.54) is 12.7 Å². The number of anilines is 1. The molecule has 4 heteroatoms. The topological polar surface area (TPSA) is 61.5 Å². The number of esters is 1. The monoisotopic (exact) mass is 285 g/mol. The van der Waals surface area contributed by atoms with Gasteiger partial charge in [0.05, 0.1) is 13.7 Å². The quantitative estimate of drug-likeness (QED) is 0.503. The van der Waals surface area contributed by atoms with Gasteiger partial charge in [-0.1, -0.05) is 30.3 Å². The van der Waals surface area contributed by atoms with E-state index in [1.54, 1.807) is 18.2 Å². The number of benzene rings is 2. The Bertz CT molecular complexity index is 596. The van der Waals surface area contributed by atoms with Gasteiger partial charge in [0.25, 0.3) is 0 Å². The summed E-state index contributed by atoms with van der Waals surface area (Å²) in [5.74, 6) is 0.0444. The molecule has 0 fully saturated rings. The lowest BCUT2D eigenvalue weighted by atomic mass is 10.1. The van der Waals surface area contributed by atoms with Crippen molar-refractivity contribution in [3.63, 3.8) is 0 Å². The van der Waals surface area contributed by atoms with Crippen LogP contribution in [0.3, 0.4) is 0 Å². The van der Waals surface area contributed by atoms with Crippen LogP contribution >= 0.6 is 0 Å². The Kier molecular flexibility index (Phi) is 5.21. The Morgan fingerprint density at radius 3 is 2.62 bits per heavy atom. The smallest absolute Gasteiger partial charge is 0.341 e. The van der Waals surface area contributed by atoms with Gasteiger partial charge in [-0.25, -0.2) is 4.79 Å². The van der Waals surface area contributed by atoms with Gasteiger partial charge in [-0.3, -0.25) is 0 Å². The maximum Gasteiger partial charge on any atom is 0.341 e. The minimum atomic E-state index is -0.423. The zero-order valence-electron chi connectivity index (χ0n) is 12.0. The summed E-state index contributed by atoms with van der Waals surface area (Å²) in [6.07, 6.45) is 1.79. The van der Waals surface area contributed by atoms with Crippen LogP contribution in [0, 0.1) is 0 Å². The molecule has 0 saturated heterocycles. The van der Waals surface area contributed by atoms with Crippen molar-refractivity contribution >= 4 is 11.7 Å². The van der Waals surface area contributed by atoms with Crippen molar-refractivity contribution in [2.45, 2.75) is 12.8 Å². The first-order valence-corrected chi connectivity index (χ1v) is 6.85. The third-order valence-electron chi connectivity index (χ3n) is 3.12. The molecule has 2 aromatic carbocycles. The molecule has 0 heterocycles. The van der Waals surface area contributed by atoms with Crippen LogP contribution in [0.2, 0.25) is 0 Å². The summed E-state index contributed by atoms with van der Waals surface area (Å²) < 4.78 is 10.4. The van der Waals surface area contributed by atoms with E-state index < -0.39 is 5.97 Å². The lowest BCUT2D eigenvalue weighted by Gasteiger charge is -2.11. The number of ether oxygens (including phenoxy) is 2. The number of carbonyl (C=O) groups excluding carboxylic acids is 1. The second-order valence-electron chi connectivity index (χ2n) is 4.68. The number of methoxy groups -OCH3 is 1. The Balaban J connectivity index is 1.93. The van der Waals surface area contributed by atoms with Crippen LogP contribution in [0.4, 0.5) is 5.69 Å². The maximum absolute atomic E-state index is 11.7. The molecule has 0 spiro atoms. The minimum absolute atomic E-state index is 0.395. The molecule has 0 aliphatic heterocycles. The van der Waals surface area contributed by atoms with Gasteiger partial charge in [-0.15, -0.1) is 0 Å². The van der Waals surface area contributed by atoms with Crippen molar-refractivity contribution in [1.29, 1.82) is 0 Å². The first-order valence-electron chi connectivity index (χ1n) is 6.85. The molecule has 0 aliphatic carbocycles. The molecule has 0 bridgehead atoms. The van der Waals surface area contributed by atoms with Crippen LogP contribution in [0.5, 0.6) is 5.75 Å². The normalized spacial score (nSPS) is 10.1. The van der Waals surface area contributed by atoms with E-state index in [4.69, 9.17) is 15.2 Å². The van der Waals surface area contributed by atoms with Crippen LogP contribution in [-0.2, 0) is 11.2 Å². The molecule has 110 valence electrons. The van der Waals surface area contributed by atoms with Gasteiger partial charge < -0.3 is 15.2 Å². The molecule has 0 atom stereocenters. The summed E-state index contributed by atoms with van der Waals surface area (Å²) in [6, 6.07) is 15.1. The average molecular weight is 285 g/mol. The van der Waals surface area contributed by atoms with E-state index in [9.17, 15) is 4.79 Å². The second kappa shape index (κ2) is 7.33. The number of carbonyl (C=O) groups is 1. The molecule has 2 aromatic rings. The highest BCUT2D eigenvalue weighted by Crippen LogP contribution is 2.23. The highest BCUT2D eigenvalue weighted by atomic mass is 16.5. The molecule has 0 radical (unpaired) electrons. The first-order chi connectivity index (χ1) is 10.2. The zero-order chi connectivity index (χ0) is 15.1. The average Bonchev–Trinajstić information content (AvgIpc) is 2.52. The van der Waals surface area contributed by atoms with Gasteiger partial charge in [0.1, 0.15) is 11.3 Å². The van der Waals surface area contributed by atoms with Crippen molar-refractivity contribution < 1.29 is 14.3 Å². The van der Waals surface area contributed by atoms with Gasteiger partial charge in [-0.05, 0) is 30.5 Å². The lowest BCUT2D eigenvalue weighted by molar-refractivity contribution is 0.0596. The number of hydrogen-bond donors (Lipinski definition) is 1. The fourth-order valence-corrected chi connectivity index (χ4v) is 2.04. The number of rotatable bonds is 6. The molecule has 21 heavy (non-hydrogen) atoms. The second-order valence-corrected chi connectivity index (χ2v) is 4.68. The molecule has 2 rings (SSSR count). The zero-order valence-corrected chi connectivity index (χ0v) is 12.0. The van der Waals surface area contributed by atoms with E-state index in [0.717, 1.165) is 12.8 Å². The van der Waals surface area contributed by atoms with E-state index in [2.05, 4.69) is 12.1 Å². The summed E-state index contributed by atoms with van der Waals surface area (Å²) in [4.78, 5) is 11.7. The predicted molar refractivity (Wildman–Crippen MR) is 82.5 cm³/mol. The van der Waals surface area contributed by atoms with Crippen LogP contribution < -0.4 is 10.5 Å². The fraction of sp³-hybridized carbons (Fsp3) is 0.235. The molecular weight excluding hydrogens is 266 g/mol. The van der Waals surface area contributed by atoms with Gasteiger partial charge >= 0.3 is 5.97 Å². The Morgan fingerprint density at radius 2 is 1.90 bits per heavy atom. The minimum Gasteiger partial charge on any atom is -0.493 e. The van der Waals surface area contributed by atoms with E-state index in [1.807, 2.05) is 18.2 Å². The molecule has 0 aromatic heterocycles. The van der Waals surface area contributed by atoms with Crippen molar-refractivity contribution in [2.75, 3.05) is 19.5 Å². The maximum atomic E-state index is 11.7. The molecule has 4 nitrogen and oxygen atoms in total. The van der Waals surface area contributed by atoms with Crippen LogP contribution in [0.15, 0.2) is 48.5 Å². The van der Waals surface area contributed by atoms with Gasteiger partial charge in [-0.2, -0.15) is 0 Å².